The third-order valence-corrected chi connectivity index (χ3v) is 4.81. The van der Waals surface area contributed by atoms with Gasteiger partial charge in [0.05, 0.1) is 6.54 Å². The van der Waals surface area contributed by atoms with Gasteiger partial charge in [-0.3, -0.25) is 9.69 Å². The zero-order chi connectivity index (χ0) is 18.0. The number of oxazole rings is 1. The van der Waals surface area contributed by atoms with Crippen LogP contribution in [0.15, 0.2) is 10.8 Å². The lowest BCUT2D eigenvalue weighted by Gasteiger charge is -2.30. The molecule has 1 aliphatic heterocycles. The van der Waals surface area contributed by atoms with Gasteiger partial charge < -0.3 is 14.5 Å². The van der Waals surface area contributed by atoms with Gasteiger partial charge in [-0.25, -0.2) is 14.6 Å². The Balaban J connectivity index is 1.57. The summed E-state index contributed by atoms with van der Waals surface area (Å²) in [6.07, 6.45) is 5.49. The number of esters is 1. The number of carbonyl (C=O) groups is 3. The second-order valence-electron chi connectivity index (χ2n) is 6.89. The summed E-state index contributed by atoms with van der Waals surface area (Å²) in [7, 11) is 0. The standard InChI is InChI=1S/C17H23N3O5/c1-11(2)13-12(18-10-25-13)14(21)24-9-8-20-15(22)17(19-16(20)23)6-4-3-5-7-17/h10-11H,3-9H2,1-2H3,(H,19,23). The van der Waals surface area contributed by atoms with Crippen LogP contribution in [0.5, 0.6) is 0 Å². The van der Waals surface area contributed by atoms with Crippen LogP contribution in [0.1, 0.15) is 68.1 Å². The van der Waals surface area contributed by atoms with E-state index in [1.165, 1.54) is 6.39 Å². The molecule has 1 saturated carbocycles. The summed E-state index contributed by atoms with van der Waals surface area (Å²) in [5, 5.41) is 2.83. The zero-order valence-corrected chi connectivity index (χ0v) is 14.5. The smallest absolute Gasteiger partial charge is 0.360 e. The molecule has 0 radical (unpaired) electrons. The Kier molecular flexibility index (Phi) is 4.78. The summed E-state index contributed by atoms with van der Waals surface area (Å²) in [5.41, 5.74) is -0.619. The maximum atomic E-state index is 12.6. The van der Waals surface area contributed by atoms with Crippen LogP contribution < -0.4 is 5.32 Å². The highest BCUT2D eigenvalue weighted by Crippen LogP contribution is 2.33. The lowest BCUT2D eigenvalue weighted by atomic mass is 9.82. The van der Waals surface area contributed by atoms with Crippen LogP contribution in [0.4, 0.5) is 4.79 Å². The Morgan fingerprint density at radius 3 is 2.76 bits per heavy atom. The molecule has 0 bridgehead atoms. The molecule has 0 atom stereocenters. The normalized spacial score (nSPS) is 19.6. The van der Waals surface area contributed by atoms with E-state index in [1.807, 2.05) is 13.8 Å². The number of nitrogens with zero attached hydrogens (tertiary/aromatic N) is 2. The third kappa shape index (κ3) is 3.25. The van der Waals surface area contributed by atoms with E-state index < -0.39 is 17.5 Å². The van der Waals surface area contributed by atoms with Crippen molar-refractivity contribution in [3.05, 3.63) is 17.8 Å². The second kappa shape index (κ2) is 6.85. The molecule has 136 valence electrons. The van der Waals surface area contributed by atoms with Gasteiger partial charge in [0.15, 0.2) is 12.1 Å². The van der Waals surface area contributed by atoms with E-state index in [9.17, 15) is 14.4 Å². The number of ether oxygens (including phenoxy) is 1. The number of rotatable bonds is 5. The molecule has 1 aromatic heterocycles. The van der Waals surface area contributed by atoms with Crippen LogP contribution >= 0.6 is 0 Å². The molecule has 2 fully saturated rings. The van der Waals surface area contributed by atoms with Crippen molar-refractivity contribution >= 4 is 17.9 Å². The molecular weight excluding hydrogens is 326 g/mol. The molecule has 25 heavy (non-hydrogen) atoms. The summed E-state index contributed by atoms with van der Waals surface area (Å²) in [5.74, 6) is -0.363. The Morgan fingerprint density at radius 2 is 2.08 bits per heavy atom. The quantitative estimate of drug-likeness (QED) is 0.646. The Morgan fingerprint density at radius 1 is 1.36 bits per heavy atom. The number of hydrogen-bond donors (Lipinski definition) is 1. The number of carbonyl (C=O) groups excluding carboxylic acids is 3. The predicted molar refractivity (Wildman–Crippen MR) is 86.9 cm³/mol. The molecular formula is C17H23N3O5. The van der Waals surface area contributed by atoms with Gasteiger partial charge in [-0.2, -0.15) is 0 Å². The van der Waals surface area contributed by atoms with E-state index in [1.54, 1.807) is 0 Å². The van der Waals surface area contributed by atoms with Crippen molar-refractivity contribution in [3.63, 3.8) is 0 Å². The van der Waals surface area contributed by atoms with Crippen LogP contribution in [-0.2, 0) is 9.53 Å². The van der Waals surface area contributed by atoms with Crippen molar-refractivity contribution in [1.82, 2.24) is 15.2 Å². The van der Waals surface area contributed by atoms with Gasteiger partial charge >= 0.3 is 12.0 Å². The number of imide groups is 1. The Hall–Kier alpha value is -2.38. The molecule has 3 rings (SSSR count). The highest BCUT2D eigenvalue weighted by molar-refractivity contribution is 6.07. The summed E-state index contributed by atoms with van der Waals surface area (Å²) in [6, 6.07) is -0.410. The van der Waals surface area contributed by atoms with E-state index >= 15 is 0 Å². The summed E-state index contributed by atoms with van der Waals surface area (Å²) >= 11 is 0. The van der Waals surface area contributed by atoms with Crippen molar-refractivity contribution in [2.75, 3.05) is 13.2 Å². The van der Waals surface area contributed by atoms with E-state index in [0.29, 0.717) is 18.6 Å². The lowest BCUT2D eigenvalue weighted by molar-refractivity contribution is -0.132. The molecule has 0 unspecified atom stereocenters. The predicted octanol–water partition coefficient (Wildman–Crippen LogP) is 2.21. The molecule has 1 spiro atoms. The first-order valence-electron chi connectivity index (χ1n) is 8.69. The fourth-order valence-corrected chi connectivity index (χ4v) is 3.49. The van der Waals surface area contributed by atoms with Crippen LogP contribution in [-0.4, -0.2) is 46.5 Å². The lowest BCUT2D eigenvalue weighted by Crippen LogP contribution is -2.48. The van der Waals surface area contributed by atoms with E-state index in [-0.39, 0.29) is 30.7 Å². The summed E-state index contributed by atoms with van der Waals surface area (Å²) in [6.45, 7) is 3.73. The van der Waals surface area contributed by atoms with E-state index in [0.717, 1.165) is 24.2 Å². The molecule has 1 saturated heterocycles. The molecule has 2 heterocycles. The first-order chi connectivity index (χ1) is 11.9. The molecule has 1 aliphatic carbocycles. The Labute approximate surface area is 145 Å². The average Bonchev–Trinajstić information content (AvgIpc) is 3.15. The summed E-state index contributed by atoms with van der Waals surface area (Å²) in [4.78, 5) is 41.9. The minimum absolute atomic E-state index is 0.00199. The van der Waals surface area contributed by atoms with Gasteiger partial charge in [0.25, 0.3) is 5.91 Å². The maximum absolute atomic E-state index is 12.6. The number of urea groups is 1. The van der Waals surface area contributed by atoms with Crippen LogP contribution in [0.2, 0.25) is 0 Å². The first-order valence-corrected chi connectivity index (χ1v) is 8.69. The minimum atomic E-state index is -0.754. The SMILES string of the molecule is CC(C)c1ocnc1C(=O)OCCN1C(=O)NC2(CCCCC2)C1=O. The highest BCUT2D eigenvalue weighted by Gasteiger charge is 2.51. The molecule has 8 heteroatoms. The maximum Gasteiger partial charge on any atom is 0.360 e. The van der Waals surface area contributed by atoms with Crippen molar-refractivity contribution in [2.45, 2.75) is 57.4 Å². The zero-order valence-electron chi connectivity index (χ0n) is 14.5. The number of aromatic nitrogens is 1. The third-order valence-electron chi connectivity index (χ3n) is 4.81. The van der Waals surface area contributed by atoms with Gasteiger partial charge in [-0.15, -0.1) is 0 Å². The largest absolute Gasteiger partial charge is 0.459 e. The van der Waals surface area contributed by atoms with Gasteiger partial charge in [0.1, 0.15) is 17.9 Å². The monoisotopic (exact) mass is 349 g/mol. The number of hydrogen-bond acceptors (Lipinski definition) is 6. The topological polar surface area (TPSA) is 102 Å². The van der Waals surface area contributed by atoms with Crippen molar-refractivity contribution in [3.8, 4) is 0 Å². The molecule has 1 N–H and O–H groups in total. The van der Waals surface area contributed by atoms with Gasteiger partial charge in [0, 0.05) is 5.92 Å². The molecule has 1 aromatic rings. The molecule has 3 amide bonds. The van der Waals surface area contributed by atoms with Crippen molar-refractivity contribution < 1.29 is 23.5 Å². The minimum Gasteiger partial charge on any atom is -0.459 e. The van der Waals surface area contributed by atoms with Gasteiger partial charge in [-0.05, 0) is 12.8 Å². The van der Waals surface area contributed by atoms with E-state index in [4.69, 9.17) is 9.15 Å². The second-order valence-corrected chi connectivity index (χ2v) is 6.89. The van der Waals surface area contributed by atoms with E-state index in [2.05, 4.69) is 10.3 Å². The number of amides is 3. The molecule has 0 aromatic carbocycles. The molecule has 8 nitrogen and oxygen atoms in total. The fourth-order valence-electron chi connectivity index (χ4n) is 3.49. The van der Waals surface area contributed by atoms with Crippen LogP contribution in [0, 0.1) is 0 Å². The number of nitrogens with one attached hydrogen (secondary N) is 1. The first kappa shape index (κ1) is 17.4. The Bertz CT molecular complexity index is 676. The van der Waals surface area contributed by atoms with Crippen molar-refractivity contribution in [2.24, 2.45) is 0 Å². The summed E-state index contributed by atoms with van der Waals surface area (Å²) < 4.78 is 10.4. The fraction of sp³-hybridized carbons (Fsp3) is 0.647. The van der Waals surface area contributed by atoms with Crippen LogP contribution in [0.3, 0.4) is 0 Å². The van der Waals surface area contributed by atoms with Crippen LogP contribution in [0.25, 0.3) is 0 Å². The highest BCUT2D eigenvalue weighted by atomic mass is 16.5. The van der Waals surface area contributed by atoms with Gasteiger partial charge in [-0.1, -0.05) is 33.1 Å². The molecule has 2 aliphatic rings. The van der Waals surface area contributed by atoms with Crippen molar-refractivity contribution in [1.29, 1.82) is 0 Å². The van der Waals surface area contributed by atoms with Gasteiger partial charge in [0.2, 0.25) is 0 Å². The average molecular weight is 349 g/mol.